The van der Waals surface area contributed by atoms with E-state index in [9.17, 15) is 15.0 Å². The molecule has 5 heteroatoms. The largest absolute Gasteiger partial charge is 0.504 e. The van der Waals surface area contributed by atoms with E-state index in [0.717, 1.165) is 0 Å². The van der Waals surface area contributed by atoms with Crippen LogP contribution in [0.5, 0.6) is 11.5 Å². The Morgan fingerprint density at radius 2 is 1.71 bits per heavy atom. The van der Waals surface area contributed by atoms with E-state index >= 15 is 0 Å². The minimum absolute atomic E-state index is 0.198. The summed E-state index contributed by atoms with van der Waals surface area (Å²) >= 11 is 12.2. The van der Waals surface area contributed by atoms with Gasteiger partial charge in [0, 0.05) is 38.7 Å². The summed E-state index contributed by atoms with van der Waals surface area (Å²) in [7, 11) is 0. The molecule has 0 unspecified atom stereocenters. The first-order valence-corrected chi connectivity index (χ1v) is 6.97. The normalized spacial score (nSPS) is 15.5. The molecule has 21 heavy (non-hydrogen) atoms. The van der Waals surface area contributed by atoms with Crippen LogP contribution in [-0.2, 0) is 6.42 Å². The van der Waals surface area contributed by atoms with Gasteiger partial charge >= 0.3 is 0 Å². The maximum atomic E-state index is 12.3. The van der Waals surface area contributed by atoms with Crippen molar-refractivity contribution in [3.8, 4) is 11.5 Å². The first kappa shape index (κ1) is 14.0. The van der Waals surface area contributed by atoms with E-state index in [4.69, 9.17) is 23.2 Å². The minimum atomic E-state index is -0.255. The number of fused-ring (bicyclic) bond motifs is 1. The average molecular weight is 321 g/mol. The highest BCUT2D eigenvalue weighted by Gasteiger charge is 2.28. The highest BCUT2D eigenvalue weighted by atomic mass is 35.5. The van der Waals surface area contributed by atoms with Crippen molar-refractivity contribution in [2.45, 2.75) is 6.42 Å². The molecule has 0 spiro atoms. The summed E-state index contributed by atoms with van der Waals surface area (Å²) in [4.78, 5) is 12.3. The number of ketones is 1. The van der Waals surface area contributed by atoms with Crippen LogP contribution in [0.15, 0.2) is 35.9 Å². The van der Waals surface area contributed by atoms with Gasteiger partial charge in [-0.1, -0.05) is 29.3 Å². The third kappa shape index (κ3) is 2.28. The van der Waals surface area contributed by atoms with Crippen molar-refractivity contribution in [3.63, 3.8) is 0 Å². The zero-order chi connectivity index (χ0) is 15.1. The molecule has 0 aromatic heterocycles. The van der Waals surface area contributed by atoms with E-state index in [0.29, 0.717) is 32.3 Å². The fourth-order valence-corrected chi connectivity index (χ4v) is 2.91. The molecule has 0 bridgehead atoms. The van der Waals surface area contributed by atoms with Crippen LogP contribution in [-0.4, -0.2) is 16.0 Å². The number of hydrogen-bond acceptors (Lipinski definition) is 3. The Kier molecular flexibility index (Phi) is 3.40. The summed E-state index contributed by atoms with van der Waals surface area (Å²) in [6.45, 7) is 0. The molecular formula is C16H10Cl2O3. The summed E-state index contributed by atoms with van der Waals surface area (Å²) in [5.74, 6) is -0.690. The van der Waals surface area contributed by atoms with E-state index < -0.39 is 0 Å². The molecule has 106 valence electrons. The number of phenolic OH excluding ortho intramolecular Hbond substituents is 2. The van der Waals surface area contributed by atoms with Crippen LogP contribution in [0, 0.1) is 0 Å². The molecule has 2 aromatic carbocycles. The second-order valence-electron chi connectivity index (χ2n) is 4.77. The number of aromatic hydroxyl groups is 2. The number of halogens is 2. The van der Waals surface area contributed by atoms with E-state index in [1.54, 1.807) is 24.3 Å². The molecule has 0 saturated heterocycles. The molecule has 1 aliphatic rings. The van der Waals surface area contributed by atoms with Gasteiger partial charge in [0.25, 0.3) is 0 Å². The lowest BCUT2D eigenvalue weighted by Gasteiger charge is -2.03. The van der Waals surface area contributed by atoms with Crippen LogP contribution in [0.1, 0.15) is 21.5 Å². The molecule has 0 saturated carbocycles. The minimum Gasteiger partial charge on any atom is -0.504 e. The Labute approximate surface area is 131 Å². The van der Waals surface area contributed by atoms with Gasteiger partial charge in [0.2, 0.25) is 0 Å². The quantitative estimate of drug-likeness (QED) is 0.610. The van der Waals surface area contributed by atoms with Crippen LogP contribution in [0.2, 0.25) is 10.0 Å². The van der Waals surface area contributed by atoms with Gasteiger partial charge in [0.15, 0.2) is 17.3 Å². The van der Waals surface area contributed by atoms with Gasteiger partial charge < -0.3 is 10.2 Å². The van der Waals surface area contributed by atoms with Gasteiger partial charge in [-0.3, -0.25) is 4.79 Å². The smallest absolute Gasteiger partial charge is 0.189 e. The standard InChI is InChI=1S/C16H10Cl2O3/c17-12-2-1-3-13(18)11(12)7-8-6-10-9(15(8)20)4-5-14(19)16(10)21/h1-5,7,19,21H,6H2/b8-7+. The summed E-state index contributed by atoms with van der Waals surface area (Å²) in [6, 6.07) is 7.91. The fourth-order valence-electron chi connectivity index (χ4n) is 2.40. The van der Waals surface area contributed by atoms with Crippen molar-refractivity contribution >= 4 is 35.1 Å². The van der Waals surface area contributed by atoms with E-state index in [2.05, 4.69) is 0 Å². The van der Waals surface area contributed by atoms with Crippen molar-refractivity contribution in [1.82, 2.24) is 0 Å². The first-order valence-electron chi connectivity index (χ1n) is 6.22. The number of phenols is 2. The summed E-state index contributed by atoms with van der Waals surface area (Å²) in [5.41, 5.74) is 1.86. The first-order chi connectivity index (χ1) is 9.99. The lowest BCUT2D eigenvalue weighted by Crippen LogP contribution is -1.95. The molecule has 2 N–H and O–H groups in total. The second-order valence-corrected chi connectivity index (χ2v) is 5.58. The molecule has 3 nitrogen and oxygen atoms in total. The summed E-state index contributed by atoms with van der Waals surface area (Å²) in [5, 5.41) is 20.3. The van der Waals surface area contributed by atoms with Gasteiger partial charge in [0.1, 0.15) is 0 Å². The van der Waals surface area contributed by atoms with Crippen molar-refractivity contribution in [2.75, 3.05) is 0 Å². The molecule has 0 heterocycles. The topological polar surface area (TPSA) is 57.5 Å². The van der Waals surface area contributed by atoms with Crippen LogP contribution < -0.4 is 0 Å². The van der Waals surface area contributed by atoms with Crippen molar-refractivity contribution < 1.29 is 15.0 Å². The van der Waals surface area contributed by atoms with Gasteiger partial charge in [-0.15, -0.1) is 0 Å². The summed E-state index contributed by atoms with van der Waals surface area (Å²) in [6.07, 6.45) is 1.86. The zero-order valence-electron chi connectivity index (χ0n) is 10.7. The molecule has 0 fully saturated rings. The Bertz CT molecular complexity index is 774. The van der Waals surface area contributed by atoms with Crippen LogP contribution in [0.4, 0.5) is 0 Å². The maximum Gasteiger partial charge on any atom is 0.189 e. The predicted octanol–water partition coefficient (Wildman–Crippen LogP) is 4.23. The molecular weight excluding hydrogens is 311 g/mol. The number of benzene rings is 2. The Balaban J connectivity index is 2.10. The molecule has 2 aromatic rings. The molecule has 0 radical (unpaired) electrons. The third-order valence-electron chi connectivity index (χ3n) is 3.48. The Morgan fingerprint density at radius 3 is 2.38 bits per heavy atom. The molecule has 3 rings (SSSR count). The Morgan fingerprint density at radius 1 is 1.05 bits per heavy atom. The van der Waals surface area contributed by atoms with Gasteiger partial charge in [-0.05, 0) is 30.3 Å². The highest BCUT2D eigenvalue weighted by Crippen LogP contribution is 2.39. The van der Waals surface area contributed by atoms with Gasteiger partial charge in [-0.2, -0.15) is 0 Å². The van der Waals surface area contributed by atoms with Gasteiger partial charge in [0.05, 0.1) is 0 Å². The molecule has 0 atom stereocenters. The number of hydrogen-bond donors (Lipinski definition) is 2. The van der Waals surface area contributed by atoms with E-state index in [1.165, 1.54) is 12.1 Å². The molecule has 0 amide bonds. The number of allylic oxidation sites excluding steroid dienone is 1. The third-order valence-corrected chi connectivity index (χ3v) is 4.14. The van der Waals surface area contributed by atoms with Crippen molar-refractivity contribution in [2.24, 2.45) is 0 Å². The number of rotatable bonds is 1. The second kappa shape index (κ2) is 5.10. The predicted molar refractivity (Wildman–Crippen MR) is 82.2 cm³/mol. The fraction of sp³-hybridized carbons (Fsp3) is 0.0625. The van der Waals surface area contributed by atoms with E-state index in [1.807, 2.05) is 0 Å². The van der Waals surface area contributed by atoms with Crippen LogP contribution in [0.3, 0.4) is 0 Å². The highest BCUT2D eigenvalue weighted by molar-refractivity contribution is 6.37. The lowest BCUT2D eigenvalue weighted by atomic mass is 10.1. The Hall–Kier alpha value is -1.97. The lowest BCUT2D eigenvalue weighted by molar-refractivity contribution is 0.104. The summed E-state index contributed by atoms with van der Waals surface area (Å²) < 4.78 is 0. The maximum absolute atomic E-state index is 12.3. The number of carbonyl (C=O) groups excluding carboxylic acids is 1. The number of carbonyl (C=O) groups is 1. The van der Waals surface area contributed by atoms with E-state index in [-0.39, 0.29) is 23.7 Å². The SMILES string of the molecule is O=C1/C(=C/c2c(Cl)cccc2Cl)Cc2c1ccc(O)c2O. The van der Waals surface area contributed by atoms with Crippen molar-refractivity contribution in [1.29, 1.82) is 0 Å². The molecule has 0 aliphatic heterocycles. The molecule has 1 aliphatic carbocycles. The average Bonchev–Trinajstić information content (AvgIpc) is 2.76. The monoisotopic (exact) mass is 320 g/mol. The van der Waals surface area contributed by atoms with Crippen LogP contribution in [0.25, 0.3) is 6.08 Å². The van der Waals surface area contributed by atoms with Gasteiger partial charge in [-0.25, -0.2) is 0 Å². The van der Waals surface area contributed by atoms with Crippen LogP contribution >= 0.6 is 23.2 Å². The number of Topliss-reactive ketones (excluding diaryl/α,β-unsaturated/α-hetero) is 1. The zero-order valence-corrected chi connectivity index (χ0v) is 12.2. The van der Waals surface area contributed by atoms with Crippen molar-refractivity contribution in [3.05, 3.63) is 62.6 Å².